The zero-order valence-electron chi connectivity index (χ0n) is 11.0. The minimum Gasteiger partial charge on any atom is -0.311 e. The summed E-state index contributed by atoms with van der Waals surface area (Å²) in [7, 11) is 0. The predicted octanol–water partition coefficient (Wildman–Crippen LogP) is 2.64. The molecule has 2 unspecified atom stereocenters. The van der Waals surface area contributed by atoms with Crippen LogP contribution in [0, 0.1) is 0 Å². The normalized spacial score (nSPS) is 33.2. The topological polar surface area (TPSA) is 15.3 Å². The number of hydrogen-bond donors (Lipinski definition) is 1. The second-order valence-corrected chi connectivity index (χ2v) is 5.29. The summed E-state index contributed by atoms with van der Waals surface area (Å²) in [6, 6.07) is 0.659. The molecule has 0 spiro atoms. The summed E-state index contributed by atoms with van der Waals surface area (Å²) in [6.07, 6.45) is 5.31. The lowest BCUT2D eigenvalue weighted by Gasteiger charge is -2.47. The van der Waals surface area contributed by atoms with Crippen molar-refractivity contribution in [1.82, 2.24) is 10.2 Å². The van der Waals surface area contributed by atoms with Gasteiger partial charge in [0.15, 0.2) is 0 Å². The Hall–Kier alpha value is -0.0800. The summed E-state index contributed by atoms with van der Waals surface area (Å²) in [6.45, 7) is 12.9. The summed E-state index contributed by atoms with van der Waals surface area (Å²) in [5, 5.41) is 3.60. The smallest absolute Gasteiger partial charge is 0.0303 e. The number of piperazine rings is 1. The van der Waals surface area contributed by atoms with E-state index in [1.54, 1.807) is 0 Å². The molecule has 0 saturated carbocycles. The predicted molar refractivity (Wildman–Crippen MR) is 67.3 cm³/mol. The maximum atomic E-state index is 3.60. The van der Waals surface area contributed by atoms with Crippen molar-refractivity contribution in [3.63, 3.8) is 0 Å². The molecule has 2 nitrogen and oxygen atoms in total. The van der Waals surface area contributed by atoms with E-state index in [-0.39, 0.29) is 0 Å². The van der Waals surface area contributed by atoms with Crippen LogP contribution in [0.2, 0.25) is 0 Å². The van der Waals surface area contributed by atoms with E-state index in [1.165, 1.54) is 38.8 Å². The Kier molecular flexibility index (Phi) is 5.07. The lowest BCUT2D eigenvalue weighted by Crippen LogP contribution is -2.62. The van der Waals surface area contributed by atoms with E-state index >= 15 is 0 Å². The van der Waals surface area contributed by atoms with E-state index in [0.29, 0.717) is 11.6 Å². The van der Waals surface area contributed by atoms with Crippen molar-refractivity contribution < 1.29 is 0 Å². The highest BCUT2D eigenvalue weighted by molar-refractivity contribution is 4.93. The first kappa shape index (κ1) is 13.0. The van der Waals surface area contributed by atoms with Gasteiger partial charge in [0.05, 0.1) is 0 Å². The minimum atomic E-state index is 0.389. The van der Waals surface area contributed by atoms with Gasteiger partial charge < -0.3 is 5.32 Å². The minimum absolute atomic E-state index is 0.389. The molecule has 1 aliphatic heterocycles. The second-order valence-electron chi connectivity index (χ2n) is 5.29. The molecular formula is C13H28N2. The van der Waals surface area contributed by atoms with Gasteiger partial charge in [0.25, 0.3) is 0 Å². The fourth-order valence-corrected chi connectivity index (χ4v) is 2.38. The molecule has 2 atom stereocenters. The molecule has 1 heterocycles. The highest BCUT2D eigenvalue weighted by Crippen LogP contribution is 2.23. The number of unbranched alkanes of at least 4 members (excludes halogenated alkanes) is 2. The monoisotopic (exact) mass is 212 g/mol. The van der Waals surface area contributed by atoms with Gasteiger partial charge in [0, 0.05) is 24.7 Å². The van der Waals surface area contributed by atoms with Crippen LogP contribution in [0.15, 0.2) is 0 Å². The van der Waals surface area contributed by atoms with Gasteiger partial charge in [-0.15, -0.1) is 0 Å². The van der Waals surface area contributed by atoms with Crippen molar-refractivity contribution >= 4 is 0 Å². The number of nitrogens with zero attached hydrogens (tertiary/aromatic N) is 1. The van der Waals surface area contributed by atoms with Crippen LogP contribution >= 0.6 is 0 Å². The van der Waals surface area contributed by atoms with Crippen molar-refractivity contribution in [1.29, 1.82) is 0 Å². The average Bonchev–Trinajstić information content (AvgIpc) is 2.24. The Morgan fingerprint density at radius 2 is 2.07 bits per heavy atom. The highest BCUT2D eigenvalue weighted by atomic mass is 15.3. The molecule has 0 amide bonds. The molecule has 0 aromatic heterocycles. The Morgan fingerprint density at radius 3 is 2.67 bits per heavy atom. The molecule has 0 aromatic rings. The zero-order chi connectivity index (χ0) is 11.3. The molecule has 2 heteroatoms. The van der Waals surface area contributed by atoms with Crippen molar-refractivity contribution in [2.75, 3.05) is 19.6 Å². The highest BCUT2D eigenvalue weighted by Gasteiger charge is 2.34. The van der Waals surface area contributed by atoms with Crippen molar-refractivity contribution in [2.45, 2.75) is 65.0 Å². The van der Waals surface area contributed by atoms with E-state index in [1.807, 2.05) is 0 Å². The molecule has 1 N–H and O–H groups in total. The fraction of sp³-hybridized carbons (Fsp3) is 1.00. The maximum Gasteiger partial charge on any atom is 0.0303 e. The molecule has 0 radical (unpaired) electrons. The number of nitrogens with one attached hydrogen (secondary N) is 1. The number of rotatable bonds is 5. The summed E-state index contributed by atoms with van der Waals surface area (Å²) in [5.41, 5.74) is 0.389. The van der Waals surface area contributed by atoms with Crippen LogP contribution in [0.4, 0.5) is 0 Å². The second kappa shape index (κ2) is 5.86. The standard InChI is InChI=1S/C13H28N2/c1-5-7-8-9-15-10-12(3)14-11-13(15,4)6-2/h12,14H,5-11H2,1-4H3. The Morgan fingerprint density at radius 1 is 1.33 bits per heavy atom. The molecule has 1 saturated heterocycles. The van der Waals surface area contributed by atoms with Gasteiger partial charge in [0.1, 0.15) is 0 Å². The van der Waals surface area contributed by atoms with Crippen LogP contribution in [-0.2, 0) is 0 Å². The molecule has 0 bridgehead atoms. The van der Waals surface area contributed by atoms with E-state index in [0.717, 1.165) is 6.54 Å². The molecule has 1 rings (SSSR count). The van der Waals surface area contributed by atoms with Crippen LogP contribution in [0.3, 0.4) is 0 Å². The quantitative estimate of drug-likeness (QED) is 0.705. The first-order chi connectivity index (χ1) is 7.12. The van der Waals surface area contributed by atoms with E-state index < -0.39 is 0 Å². The molecule has 1 aliphatic rings. The third-order valence-corrected chi connectivity index (χ3v) is 3.88. The van der Waals surface area contributed by atoms with Crippen molar-refractivity contribution in [3.8, 4) is 0 Å². The first-order valence-corrected chi connectivity index (χ1v) is 6.61. The maximum absolute atomic E-state index is 3.60. The van der Waals surface area contributed by atoms with Crippen molar-refractivity contribution in [2.24, 2.45) is 0 Å². The van der Waals surface area contributed by atoms with Crippen LogP contribution in [0.1, 0.15) is 53.4 Å². The summed E-state index contributed by atoms with van der Waals surface area (Å²) in [5.74, 6) is 0. The number of hydrogen-bond acceptors (Lipinski definition) is 2. The summed E-state index contributed by atoms with van der Waals surface area (Å²) >= 11 is 0. The van der Waals surface area contributed by atoms with Gasteiger partial charge in [-0.05, 0) is 33.2 Å². The molecule has 0 aromatic carbocycles. The molecule has 15 heavy (non-hydrogen) atoms. The molecule has 0 aliphatic carbocycles. The van der Waals surface area contributed by atoms with Gasteiger partial charge in [-0.2, -0.15) is 0 Å². The summed E-state index contributed by atoms with van der Waals surface area (Å²) < 4.78 is 0. The Bertz CT molecular complexity index is 181. The lowest BCUT2D eigenvalue weighted by atomic mass is 9.92. The first-order valence-electron chi connectivity index (χ1n) is 6.61. The average molecular weight is 212 g/mol. The van der Waals surface area contributed by atoms with Gasteiger partial charge in [-0.3, -0.25) is 4.90 Å². The molecule has 90 valence electrons. The Labute approximate surface area is 95.4 Å². The van der Waals surface area contributed by atoms with E-state index in [9.17, 15) is 0 Å². The molecule has 1 fully saturated rings. The zero-order valence-corrected chi connectivity index (χ0v) is 11.0. The fourth-order valence-electron chi connectivity index (χ4n) is 2.38. The largest absolute Gasteiger partial charge is 0.311 e. The van der Waals surface area contributed by atoms with Gasteiger partial charge in [-0.1, -0.05) is 26.7 Å². The van der Waals surface area contributed by atoms with Gasteiger partial charge in [0.2, 0.25) is 0 Å². The van der Waals surface area contributed by atoms with Gasteiger partial charge in [-0.25, -0.2) is 0 Å². The third kappa shape index (κ3) is 3.46. The Balaban J connectivity index is 2.47. The van der Waals surface area contributed by atoms with Crippen LogP contribution in [0.25, 0.3) is 0 Å². The van der Waals surface area contributed by atoms with Crippen LogP contribution < -0.4 is 5.32 Å². The summed E-state index contributed by atoms with van der Waals surface area (Å²) in [4.78, 5) is 2.70. The third-order valence-electron chi connectivity index (χ3n) is 3.88. The van der Waals surface area contributed by atoms with E-state index in [4.69, 9.17) is 0 Å². The SMILES string of the molecule is CCCCCN1CC(C)NCC1(C)CC. The molecular weight excluding hydrogens is 184 g/mol. The van der Waals surface area contributed by atoms with Crippen LogP contribution in [-0.4, -0.2) is 36.1 Å². The lowest BCUT2D eigenvalue weighted by molar-refractivity contribution is 0.0512. The van der Waals surface area contributed by atoms with Crippen LogP contribution in [0.5, 0.6) is 0 Å². The van der Waals surface area contributed by atoms with E-state index in [2.05, 4.69) is 37.9 Å². The van der Waals surface area contributed by atoms with Gasteiger partial charge >= 0.3 is 0 Å². The van der Waals surface area contributed by atoms with Crippen molar-refractivity contribution in [3.05, 3.63) is 0 Å².